The number of benzene rings is 1. The molecule has 0 radical (unpaired) electrons. The van der Waals surface area contributed by atoms with E-state index in [1.807, 2.05) is 0 Å². The molecule has 1 aromatic carbocycles. The summed E-state index contributed by atoms with van der Waals surface area (Å²) >= 11 is 0. The van der Waals surface area contributed by atoms with Crippen molar-refractivity contribution in [2.45, 2.75) is 28.7 Å². The second-order valence-electron chi connectivity index (χ2n) is 4.91. The number of piperidine rings is 1. The van der Waals surface area contributed by atoms with Crippen LogP contribution in [0.5, 0.6) is 0 Å². The van der Waals surface area contributed by atoms with Gasteiger partial charge < -0.3 is 5.32 Å². The topological polar surface area (TPSA) is 92.3 Å². The third kappa shape index (κ3) is 4.93. The number of hydrogen-bond donors (Lipinski definition) is 2. The molecule has 0 aromatic heterocycles. The Bertz CT molecular complexity index is 666. The molecule has 1 atom stereocenters. The number of halogens is 1. The van der Waals surface area contributed by atoms with E-state index in [4.69, 9.17) is 0 Å². The lowest BCUT2D eigenvalue weighted by atomic mass is 10.1. The van der Waals surface area contributed by atoms with Crippen molar-refractivity contribution in [3.05, 3.63) is 24.3 Å². The Labute approximate surface area is 131 Å². The van der Waals surface area contributed by atoms with Crippen molar-refractivity contribution in [1.29, 1.82) is 0 Å². The summed E-state index contributed by atoms with van der Waals surface area (Å²) in [5, 5.41) is 3.13. The molecule has 0 bridgehead atoms. The summed E-state index contributed by atoms with van der Waals surface area (Å²) in [5.74, 6) is 0. The molecule has 0 aliphatic carbocycles. The molecular weight excluding hydrogens is 336 g/mol. The monoisotopic (exact) mass is 354 g/mol. The number of nitrogens with one attached hydrogen (secondary N) is 2. The Morgan fingerprint density at radius 2 is 1.67 bits per heavy atom. The molecule has 0 amide bonds. The van der Waals surface area contributed by atoms with Gasteiger partial charge in [0.15, 0.2) is 9.84 Å². The Balaban J connectivity index is 0.00000220. The minimum Gasteiger partial charge on any atom is -0.315 e. The minimum atomic E-state index is -3.61. The Morgan fingerprint density at radius 1 is 1.10 bits per heavy atom. The quantitative estimate of drug-likeness (QED) is 0.823. The molecule has 21 heavy (non-hydrogen) atoms. The van der Waals surface area contributed by atoms with Crippen LogP contribution in [-0.2, 0) is 19.9 Å². The normalized spacial score (nSPS) is 19.8. The van der Waals surface area contributed by atoms with Gasteiger partial charge in [0.1, 0.15) is 0 Å². The van der Waals surface area contributed by atoms with E-state index in [1.54, 1.807) is 0 Å². The van der Waals surface area contributed by atoms with E-state index in [0.717, 1.165) is 25.6 Å². The lowest BCUT2D eigenvalue weighted by molar-refractivity contribution is 0.428. The summed E-state index contributed by atoms with van der Waals surface area (Å²) < 4.78 is 49.7. The van der Waals surface area contributed by atoms with Crippen molar-refractivity contribution in [3.63, 3.8) is 0 Å². The zero-order valence-corrected chi connectivity index (χ0v) is 14.0. The van der Waals surface area contributed by atoms with Gasteiger partial charge in [-0.3, -0.25) is 0 Å². The molecule has 2 N–H and O–H groups in total. The maximum absolute atomic E-state index is 12.2. The van der Waals surface area contributed by atoms with E-state index in [0.29, 0.717) is 6.54 Å². The first-order valence-electron chi connectivity index (χ1n) is 6.32. The van der Waals surface area contributed by atoms with Crippen LogP contribution in [0.15, 0.2) is 34.1 Å². The first-order chi connectivity index (χ1) is 9.29. The molecule has 1 fully saturated rings. The van der Waals surface area contributed by atoms with Gasteiger partial charge in [0.2, 0.25) is 10.0 Å². The van der Waals surface area contributed by atoms with Crippen molar-refractivity contribution < 1.29 is 16.8 Å². The Morgan fingerprint density at radius 3 is 2.14 bits per heavy atom. The SMILES string of the molecule is CS(=O)(=O)c1ccc(S(=O)(=O)N[C@@H]2CCCNC2)cc1.Cl. The van der Waals surface area contributed by atoms with E-state index in [1.165, 1.54) is 24.3 Å². The van der Waals surface area contributed by atoms with Crippen LogP contribution in [0.3, 0.4) is 0 Å². The molecule has 1 aliphatic heterocycles. The van der Waals surface area contributed by atoms with E-state index >= 15 is 0 Å². The molecule has 120 valence electrons. The van der Waals surface area contributed by atoms with Gasteiger partial charge in [-0.1, -0.05) is 0 Å². The summed E-state index contributed by atoms with van der Waals surface area (Å²) in [6.07, 6.45) is 2.82. The fourth-order valence-electron chi connectivity index (χ4n) is 2.11. The van der Waals surface area contributed by atoms with Gasteiger partial charge in [-0.25, -0.2) is 21.6 Å². The fourth-order valence-corrected chi connectivity index (χ4v) is 4.01. The van der Waals surface area contributed by atoms with Crippen LogP contribution in [-0.4, -0.2) is 42.2 Å². The highest BCUT2D eigenvalue weighted by atomic mass is 35.5. The second-order valence-corrected chi connectivity index (χ2v) is 8.64. The van der Waals surface area contributed by atoms with Crippen LogP contribution < -0.4 is 10.0 Å². The van der Waals surface area contributed by atoms with Crippen LogP contribution in [0.25, 0.3) is 0 Å². The van der Waals surface area contributed by atoms with Crippen molar-refractivity contribution in [1.82, 2.24) is 10.0 Å². The molecule has 0 saturated carbocycles. The summed E-state index contributed by atoms with van der Waals surface area (Å²) in [6, 6.07) is 5.12. The summed E-state index contributed by atoms with van der Waals surface area (Å²) in [7, 11) is -6.92. The maximum atomic E-state index is 12.2. The second kappa shape index (κ2) is 7.06. The zero-order valence-electron chi connectivity index (χ0n) is 11.6. The smallest absolute Gasteiger partial charge is 0.240 e. The molecule has 2 rings (SSSR count). The maximum Gasteiger partial charge on any atom is 0.240 e. The average molecular weight is 355 g/mol. The minimum absolute atomic E-state index is 0. The van der Waals surface area contributed by atoms with Crippen LogP contribution in [0, 0.1) is 0 Å². The number of sulfonamides is 1. The first kappa shape index (κ1) is 18.4. The lowest BCUT2D eigenvalue weighted by Crippen LogP contribution is -2.45. The van der Waals surface area contributed by atoms with Gasteiger partial charge in [-0.05, 0) is 43.7 Å². The van der Waals surface area contributed by atoms with Gasteiger partial charge in [-0.15, -0.1) is 12.4 Å². The third-order valence-corrected chi connectivity index (χ3v) is 5.85. The first-order valence-corrected chi connectivity index (χ1v) is 9.70. The predicted octanol–water partition coefficient (Wildman–Crippen LogP) is 0.542. The van der Waals surface area contributed by atoms with Gasteiger partial charge in [0, 0.05) is 18.8 Å². The molecule has 1 aliphatic rings. The fraction of sp³-hybridized carbons (Fsp3) is 0.500. The average Bonchev–Trinajstić information content (AvgIpc) is 2.38. The molecular formula is C12H19ClN2O4S2. The van der Waals surface area contributed by atoms with Gasteiger partial charge in [-0.2, -0.15) is 0 Å². The molecule has 0 unspecified atom stereocenters. The molecule has 9 heteroatoms. The third-order valence-electron chi connectivity index (χ3n) is 3.18. The highest BCUT2D eigenvalue weighted by Gasteiger charge is 2.22. The predicted molar refractivity (Wildman–Crippen MR) is 83.0 cm³/mol. The largest absolute Gasteiger partial charge is 0.315 e. The number of rotatable bonds is 4. The highest BCUT2D eigenvalue weighted by Crippen LogP contribution is 2.15. The molecule has 6 nitrogen and oxygen atoms in total. The van der Waals surface area contributed by atoms with E-state index < -0.39 is 19.9 Å². The summed E-state index contributed by atoms with van der Waals surface area (Å²) in [5.41, 5.74) is 0. The van der Waals surface area contributed by atoms with Crippen molar-refractivity contribution >= 4 is 32.3 Å². The van der Waals surface area contributed by atoms with Gasteiger partial charge in [0.25, 0.3) is 0 Å². The van der Waals surface area contributed by atoms with Crippen LogP contribution in [0.1, 0.15) is 12.8 Å². The van der Waals surface area contributed by atoms with E-state index in [9.17, 15) is 16.8 Å². The summed E-state index contributed by atoms with van der Waals surface area (Å²) in [4.78, 5) is 0.186. The van der Waals surface area contributed by atoms with Crippen LogP contribution in [0.2, 0.25) is 0 Å². The molecule has 1 saturated heterocycles. The molecule has 1 aromatic rings. The van der Waals surface area contributed by atoms with Crippen molar-refractivity contribution in [3.8, 4) is 0 Å². The summed E-state index contributed by atoms with van der Waals surface area (Å²) in [6.45, 7) is 1.52. The van der Waals surface area contributed by atoms with Gasteiger partial charge >= 0.3 is 0 Å². The van der Waals surface area contributed by atoms with Gasteiger partial charge in [0.05, 0.1) is 9.79 Å². The van der Waals surface area contributed by atoms with Crippen LogP contribution >= 0.6 is 12.4 Å². The molecule has 0 spiro atoms. The number of sulfone groups is 1. The van der Waals surface area contributed by atoms with E-state index in [2.05, 4.69) is 10.0 Å². The van der Waals surface area contributed by atoms with Crippen molar-refractivity contribution in [2.24, 2.45) is 0 Å². The van der Waals surface area contributed by atoms with Crippen LogP contribution in [0.4, 0.5) is 0 Å². The molecule has 1 heterocycles. The van der Waals surface area contributed by atoms with E-state index in [-0.39, 0.29) is 28.2 Å². The lowest BCUT2D eigenvalue weighted by Gasteiger charge is -2.23. The standard InChI is InChI=1S/C12H18N2O4S2.ClH/c1-19(15,16)11-4-6-12(7-5-11)20(17,18)14-10-3-2-8-13-9-10;/h4-7,10,13-14H,2-3,8-9H2,1H3;1H/t10-;/m1./s1. The highest BCUT2D eigenvalue weighted by molar-refractivity contribution is 7.90. The van der Waals surface area contributed by atoms with Crippen molar-refractivity contribution in [2.75, 3.05) is 19.3 Å². The Hall–Kier alpha value is -0.670. The zero-order chi connectivity index (χ0) is 14.8. The Kier molecular flexibility index (Phi) is 6.18. The number of hydrogen-bond acceptors (Lipinski definition) is 5.